The number of aliphatic hydroxyl groups is 1. The largest absolute Gasteiger partial charge is 0.389 e. The number of aromatic nitrogens is 1. The standard InChI is InChI=1S/C9H14N2O4S2/c1-6-7(16-8(12)11-6)17(14,15)10-5-9(13)3-2-4-9/h10,13H,2-5H2,1H3,(H,11,12). The molecular weight excluding hydrogens is 264 g/mol. The molecule has 1 aliphatic rings. The molecule has 1 aliphatic carbocycles. The minimum absolute atomic E-state index is 0.000857. The van der Waals surface area contributed by atoms with Crippen LogP contribution in [-0.4, -0.2) is 30.7 Å². The van der Waals surface area contributed by atoms with Gasteiger partial charge in [0.05, 0.1) is 5.60 Å². The number of nitrogens with one attached hydrogen (secondary N) is 2. The van der Waals surface area contributed by atoms with E-state index in [0.29, 0.717) is 29.9 Å². The molecule has 0 bridgehead atoms. The van der Waals surface area contributed by atoms with Crippen molar-refractivity contribution >= 4 is 21.4 Å². The van der Waals surface area contributed by atoms with E-state index in [-0.39, 0.29) is 10.8 Å². The van der Waals surface area contributed by atoms with Crippen LogP contribution in [0.25, 0.3) is 0 Å². The maximum Gasteiger partial charge on any atom is 0.305 e. The fourth-order valence-corrected chi connectivity index (χ4v) is 4.17. The molecule has 1 aromatic heterocycles. The second-order valence-corrected chi connectivity index (χ2v) is 7.27. The molecule has 0 aromatic carbocycles. The topological polar surface area (TPSA) is 99.3 Å². The van der Waals surface area contributed by atoms with Gasteiger partial charge in [0.1, 0.15) is 0 Å². The lowest BCUT2D eigenvalue weighted by atomic mass is 9.81. The van der Waals surface area contributed by atoms with Gasteiger partial charge in [-0.1, -0.05) is 11.3 Å². The highest BCUT2D eigenvalue weighted by molar-refractivity contribution is 7.91. The van der Waals surface area contributed by atoms with Gasteiger partial charge >= 0.3 is 4.87 Å². The first-order chi connectivity index (χ1) is 7.82. The van der Waals surface area contributed by atoms with Gasteiger partial charge in [-0.2, -0.15) is 0 Å². The van der Waals surface area contributed by atoms with Crippen molar-refractivity contribution < 1.29 is 13.5 Å². The second-order valence-electron chi connectivity index (χ2n) is 4.33. The number of aryl methyl sites for hydroxylation is 1. The fraction of sp³-hybridized carbons (Fsp3) is 0.667. The molecule has 1 heterocycles. The van der Waals surface area contributed by atoms with Crippen molar-refractivity contribution in [2.24, 2.45) is 0 Å². The van der Waals surface area contributed by atoms with Gasteiger partial charge in [-0.3, -0.25) is 4.79 Å². The fourth-order valence-electron chi connectivity index (χ4n) is 1.70. The molecular formula is C9H14N2O4S2. The van der Waals surface area contributed by atoms with Crippen molar-refractivity contribution in [2.75, 3.05) is 6.54 Å². The number of H-pyrrole nitrogens is 1. The molecule has 8 heteroatoms. The van der Waals surface area contributed by atoms with E-state index in [1.807, 2.05) is 0 Å². The zero-order chi connectivity index (χ0) is 12.7. The van der Waals surface area contributed by atoms with E-state index < -0.39 is 20.5 Å². The maximum atomic E-state index is 11.9. The molecule has 0 aliphatic heterocycles. The molecule has 1 saturated carbocycles. The van der Waals surface area contributed by atoms with E-state index in [1.165, 1.54) is 6.92 Å². The molecule has 0 atom stereocenters. The molecule has 1 fully saturated rings. The highest BCUT2D eigenvalue weighted by Crippen LogP contribution is 2.31. The molecule has 2 rings (SSSR count). The summed E-state index contributed by atoms with van der Waals surface area (Å²) in [6.45, 7) is 1.53. The van der Waals surface area contributed by atoms with Crippen molar-refractivity contribution in [3.05, 3.63) is 15.4 Å². The molecule has 0 amide bonds. The van der Waals surface area contributed by atoms with Crippen molar-refractivity contribution in [3.8, 4) is 0 Å². The van der Waals surface area contributed by atoms with E-state index in [4.69, 9.17) is 0 Å². The van der Waals surface area contributed by atoms with Gasteiger partial charge in [-0.25, -0.2) is 13.1 Å². The van der Waals surface area contributed by atoms with E-state index in [1.54, 1.807) is 0 Å². The summed E-state index contributed by atoms with van der Waals surface area (Å²) >= 11 is 0.654. The van der Waals surface area contributed by atoms with Crippen molar-refractivity contribution in [2.45, 2.75) is 36.0 Å². The summed E-state index contributed by atoms with van der Waals surface area (Å²) < 4.78 is 26.1. The smallest absolute Gasteiger partial charge is 0.305 e. The van der Waals surface area contributed by atoms with Crippen LogP contribution in [0.15, 0.2) is 9.00 Å². The summed E-state index contributed by atoms with van der Waals surface area (Å²) in [6, 6.07) is 0. The van der Waals surface area contributed by atoms with Crippen LogP contribution in [0.3, 0.4) is 0 Å². The number of thiazole rings is 1. The van der Waals surface area contributed by atoms with E-state index in [9.17, 15) is 18.3 Å². The molecule has 1 aromatic rings. The van der Waals surface area contributed by atoms with Gasteiger partial charge in [-0.15, -0.1) is 0 Å². The van der Waals surface area contributed by atoms with Crippen LogP contribution < -0.4 is 9.60 Å². The van der Waals surface area contributed by atoms with Gasteiger partial charge < -0.3 is 10.1 Å². The summed E-state index contributed by atoms with van der Waals surface area (Å²) in [5, 5.41) is 9.80. The van der Waals surface area contributed by atoms with Crippen molar-refractivity contribution in [3.63, 3.8) is 0 Å². The van der Waals surface area contributed by atoms with Crippen LogP contribution in [-0.2, 0) is 10.0 Å². The molecule has 0 unspecified atom stereocenters. The second kappa shape index (κ2) is 4.20. The third-order valence-electron chi connectivity index (χ3n) is 2.90. The first-order valence-electron chi connectivity index (χ1n) is 5.24. The van der Waals surface area contributed by atoms with Crippen molar-refractivity contribution in [1.29, 1.82) is 0 Å². The molecule has 0 saturated heterocycles. The first-order valence-corrected chi connectivity index (χ1v) is 7.54. The Morgan fingerprint density at radius 1 is 1.53 bits per heavy atom. The zero-order valence-corrected chi connectivity index (χ0v) is 10.9. The average Bonchev–Trinajstić information content (AvgIpc) is 2.53. The zero-order valence-electron chi connectivity index (χ0n) is 9.32. The lowest BCUT2D eigenvalue weighted by Crippen LogP contribution is -2.47. The SMILES string of the molecule is Cc1[nH]c(=O)sc1S(=O)(=O)NCC1(O)CCC1. The molecule has 96 valence electrons. The van der Waals surface area contributed by atoms with Crippen LogP contribution in [0.5, 0.6) is 0 Å². The minimum Gasteiger partial charge on any atom is -0.389 e. The maximum absolute atomic E-state index is 11.9. The van der Waals surface area contributed by atoms with Gasteiger partial charge in [0.2, 0.25) is 0 Å². The van der Waals surface area contributed by atoms with Crippen LogP contribution in [0.2, 0.25) is 0 Å². The van der Waals surface area contributed by atoms with Gasteiger partial charge in [0, 0.05) is 12.2 Å². The summed E-state index contributed by atoms with van der Waals surface area (Å²) in [6.07, 6.45) is 2.13. The summed E-state index contributed by atoms with van der Waals surface area (Å²) in [7, 11) is -3.70. The number of hydrogen-bond acceptors (Lipinski definition) is 5. The van der Waals surface area contributed by atoms with Crippen LogP contribution in [0.4, 0.5) is 0 Å². The minimum atomic E-state index is -3.70. The van der Waals surface area contributed by atoms with E-state index in [2.05, 4.69) is 9.71 Å². The van der Waals surface area contributed by atoms with Crippen LogP contribution >= 0.6 is 11.3 Å². The Labute approximate surface area is 103 Å². The summed E-state index contributed by atoms with van der Waals surface area (Å²) in [5.74, 6) is 0. The summed E-state index contributed by atoms with van der Waals surface area (Å²) in [5.41, 5.74) is -0.587. The third-order valence-corrected chi connectivity index (χ3v) is 5.91. The quantitative estimate of drug-likeness (QED) is 0.718. The Balaban J connectivity index is 2.14. The predicted molar refractivity (Wildman–Crippen MR) is 63.7 cm³/mol. The molecule has 0 radical (unpaired) electrons. The lowest BCUT2D eigenvalue weighted by molar-refractivity contribution is -0.0270. The molecule has 6 nitrogen and oxygen atoms in total. The van der Waals surface area contributed by atoms with Crippen molar-refractivity contribution in [1.82, 2.24) is 9.71 Å². The monoisotopic (exact) mass is 278 g/mol. The predicted octanol–water partition coefficient (Wildman–Crippen LogP) is -0.0619. The van der Waals surface area contributed by atoms with Crippen LogP contribution in [0.1, 0.15) is 25.0 Å². The number of sulfonamides is 1. The Morgan fingerprint density at radius 3 is 2.59 bits per heavy atom. The number of aromatic amines is 1. The molecule has 17 heavy (non-hydrogen) atoms. The molecule has 3 N–H and O–H groups in total. The highest BCUT2D eigenvalue weighted by Gasteiger charge is 2.36. The Kier molecular flexibility index (Phi) is 3.15. The summed E-state index contributed by atoms with van der Waals surface area (Å²) in [4.78, 5) is 13.1. The normalized spacial score (nSPS) is 18.9. The van der Waals surface area contributed by atoms with Gasteiger partial charge in [0.15, 0.2) is 4.21 Å². The van der Waals surface area contributed by atoms with E-state index in [0.717, 1.165) is 6.42 Å². The van der Waals surface area contributed by atoms with E-state index >= 15 is 0 Å². The highest BCUT2D eigenvalue weighted by atomic mass is 32.2. The Bertz CT molecular complexity index is 568. The average molecular weight is 278 g/mol. The third kappa shape index (κ3) is 2.59. The number of hydrogen-bond donors (Lipinski definition) is 3. The Morgan fingerprint density at radius 2 is 2.18 bits per heavy atom. The van der Waals surface area contributed by atoms with Crippen LogP contribution in [0, 0.1) is 6.92 Å². The van der Waals surface area contributed by atoms with Gasteiger partial charge in [-0.05, 0) is 26.2 Å². The molecule has 0 spiro atoms. The first kappa shape index (κ1) is 12.7. The van der Waals surface area contributed by atoms with Gasteiger partial charge in [0.25, 0.3) is 10.0 Å². The number of rotatable bonds is 4. The Hall–Kier alpha value is -0.700. The lowest BCUT2D eigenvalue weighted by Gasteiger charge is -2.36.